The second kappa shape index (κ2) is 11.6. The van der Waals surface area contributed by atoms with Crippen molar-refractivity contribution in [2.45, 2.75) is 82.1 Å². The second-order valence-electron chi connectivity index (χ2n) is 13.6. The number of hydrogen-bond acceptors (Lipinski definition) is 6. The number of carbonyl (C=O) groups is 2. The molecular weight excluding hydrogens is 595 g/mol. The van der Waals surface area contributed by atoms with E-state index in [9.17, 15) is 14.0 Å². The van der Waals surface area contributed by atoms with Crippen molar-refractivity contribution in [3.63, 3.8) is 0 Å². The number of aryl methyl sites for hydroxylation is 3. The molecule has 2 amide bonds. The van der Waals surface area contributed by atoms with Crippen LogP contribution >= 0.6 is 0 Å². The number of rotatable bonds is 8. The van der Waals surface area contributed by atoms with Gasteiger partial charge in [-0.1, -0.05) is 30.3 Å². The SMILES string of the molecule is Cc1n[nH]c(C)c1-c1ccc(NC(=O)C(NC(=O)C2(F)CC2)[C@@H]2CCCc3ccc(-c4ccnc(N5C[C@H]6C[C@@H]5CO6)c4)cc32)cc1. The number of nitrogens with zero attached hydrogens (tertiary/aromatic N) is 3. The molecule has 3 fully saturated rings. The fourth-order valence-corrected chi connectivity index (χ4v) is 7.67. The molecule has 4 aliphatic rings. The summed E-state index contributed by atoms with van der Waals surface area (Å²) in [5, 5.41) is 13.2. The number of carbonyl (C=O) groups excluding carboxylic acids is 2. The number of aromatic amines is 1. The highest BCUT2D eigenvalue weighted by atomic mass is 19.1. The van der Waals surface area contributed by atoms with E-state index >= 15 is 0 Å². The standard InChI is InChI=1S/C37H39FN6O3/c1-21-33(22(2)43-42-21)24-8-10-27(11-9-24)40-35(45)34(41-36(46)37(38)13-14-37)30-5-3-4-23-6-7-25(16-31(23)30)26-12-15-39-32(17-26)44-19-29-18-28(44)20-47-29/h6-12,15-17,28-30,34H,3-5,13-14,18-20H2,1-2H3,(H,40,45)(H,41,46)(H,42,43)/t28-,29-,30-,34?/m1/s1. The van der Waals surface area contributed by atoms with E-state index in [2.05, 4.69) is 55.0 Å². The summed E-state index contributed by atoms with van der Waals surface area (Å²) >= 11 is 0. The van der Waals surface area contributed by atoms with Crippen molar-refractivity contribution in [3.8, 4) is 22.3 Å². The summed E-state index contributed by atoms with van der Waals surface area (Å²) in [5.41, 5.74) is 6.84. The Kier molecular flexibility index (Phi) is 7.35. The van der Waals surface area contributed by atoms with E-state index in [1.165, 1.54) is 0 Å². The van der Waals surface area contributed by atoms with E-state index in [1.54, 1.807) is 0 Å². The summed E-state index contributed by atoms with van der Waals surface area (Å²) in [6.07, 6.45) is 5.98. The number of alkyl halides is 1. The van der Waals surface area contributed by atoms with Gasteiger partial charge >= 0.3 is 0 Å². The van der Waals surface area contributed by atoms with Crippen LogP contribution in [0.2, 0.25) is 0 Å². The summed E-state index contributed by atoms with van der Waals surface area (Å²) in [5.74, 6) is -0.427. The maximum absolute atomic E-state index is 15.0. The molecule has 242 valence electrons. The highest BCUT2D eigenvalue weighted by Gasteiger charge is 2.52. The van der Waals surface area contributed by atoms with E-state index < -0.39 is 17.6 Å². The number of halogens is 1. The van der Waals surface area contributed by atoms with Crippen molar-refractivity contribution in [2.24, 2.45) is 0 Å². The van der Waals surface area contributed by atoms with Crippen molar-refractivity contribution < 1.29 is 18.7 Å². The maximum Gasteiger partial charge on any atom is 0.258 e. The molecule has 8 rings (SSSR count). The van der Waals surface area contributed by atoms with Gasteiger partial charge in [0, 0.05) is 35.6 Å². The number of hydrogen-bond donors (Lipinski definition) is 3. The average molecular weight is 635 g/mol. The molecule has 2 aliphatic carbocycles. The zero-order valence-corrected chi connectivity index (χ0v) is 26.7. The normalized spacial score (nSPS) is 22.9. The number of pyridine rings is 1. The minimum atomic E-state index is -1.90. The number of ether oxygens (including phenoxy) is 1. The lowest BCUT2D eigenvalue weighted by Gasteiger charge is -2.33. The Hall–Kier alpha value is -4.57. The summed E-state index contributed by atoms with van der Waals surface area (Å²) in [6.45, 7) is 5.52. The van der Waals surface area contributed by atoms with Gasteiger partial charge in [-0.2, -0.15) is 5.10 Å². The quantitative estimate of drug-likeness (QED) is 0.227. The van der Waals surface area contributed by atoms with Crippen LogP contribution < -0.4 is 15.5 Å². The van der Waals surface area contributed by atoms with Crippen LogP contribution in [0.3, 0.4) is 0 Å². The molecule has 4 heterocycles. The molecule has 2 aromatic carbocycles. The molecular formula is C37H39FN6O3. The number of aromatic nitrogens is 3. The maximum atomic E-state index is 15.0. The summed E-state index contributed by atoms with van der Waals surface area (Å²) in [7, 11) is 0. The lowest BCUT2D eigenvalue weighted by atomic mass is 9.77. The van der Waals surface area contributed by atoms with Crippen LogP contribution in [0.4, 0.5) is 15.9 Å². The van der Waals surface area contributed by atoms with Gasteiger partial charge in [0.25, 0.3) is 5.91 Å². The molecule has 2 bridgehead atoms. The topological polar surface area (TPSA) is 112 Å². The third kappa shape index (κ3) is 5.58. The van der Waals surface area contributed by atoms with Crippen LogP contribution in [0.5, 0.6) is 0 Å². The van der Waals surface area contributed by atoms with Crippen LogP contribution in [-0.2, 0) is 20.7 Å². The fraction of sp³-hybridized carbons (Fsp3) is 0.405. The Morgan fingerprint density at radius 2 is 1.85 bits per heavy atom. The third-order valence-corrected chi connectivity index (χ3v) is 10.4. The Morgan fingerprint density at radius 3 is 2.55 bits per heavy atom. The smallest absolute Gasteiger partial charge is 0.258 e. The van der Waals surface area contributed by atoms with Crippen molar-refractivity contribution in [1.82, 2.24) is 20.5 Å². The van der Waals surface area contributed by atoms with Crippen molar-refractivity contribution in [3.05, 3.63) is 83.3 Å². The minimum Gasteiger partial charge on any atom is -0.374 e. The third-order valence-electron chi connectivity index (χ3n) is 10.4. The van der Waals surface area contributed by atoms with Gasteiger partial charge in [-0.15, -0.1) is 0 Å². The van der Waals surface area contributed by atoms with Crippen LogP contribution in [0.1, 0.15) is 60.5 Å². The van der Waals surface area contributed by atoms with Gasteiger partial charge in [0.15, 0.2) is 5.67 Å². The van der Waals surface area contributed by atoms with Gasteiger partial charge in [0.2, 0.25) is 5.91 Å². The molecule has 1 saturated carbocycles. The predicted molar refractivity (Wildman–Crippen MR) is 178 cm³/mol. The highest BCUT2D eigenvalue weighted by Crippen LogP contribution is 2.42. The van der Waals surface area contributed by atoms with Gasteiger partial charge in [-0.25, -0.2) is 9.37 Å². The molecule has 47 heavy (non-hydrogen) atoms. The summed E-state index contributed by atoms with van der Waals surface area (Å²) < 4.78 is 20.8. The van der Waals surface area contributed by atoms with E-state index in [0.717, 1.165) is 83.0 Å². The van der Waals surface area contributed by atoms with Gasteiger partial charge in [0.1, 0.15) is 11.9 Å². The lowest BCUT2D eigenvalue weighted by Crippen LogP contribution is -2.51. The molecule has 2 aromatic heterocycles. The monoisotopic (exact) mass is 634 g/mol. The lowest BCUT2D eigenvalue weighted by molar-refractivity contribution is -0.131. The number of fused-ring (bicyclic) bond motifs is 3. The minimum absolute atomic E-state index is 0.183. The second-order valence-corrected chi connectivity index (χ2v) is 13.6. The number of benzene rings is 2. The van der Waals surface area contributed by atoms with Crippen LogP contribution in [-0.4, -0.2) is 64.0 Å². The van der Waals surface area contributed by atoms with Gasteiger partial charge in [-0.05, 0) is 104 Å². The fourth-order valence-electron chi connectivity index (χ4n) is 7.67. The molecule has 9 nitrogen and oxygen atoms in total. The van der Waals surface area contributed by atoms with Gasteiger partial charge < -0.3 is 20.3 Å². The first-order chi connectivity index (χ1) is 22.8. The van der Waals surface area contributed by atoms with Crippen LogP contribution in [0.15, 0.2) is 60.8 Å². The average Bonchev–Trinajstić information content (AvgIpc) is 3.37. The zero-order valence-electron chi connectivity index (χ0n) is 26.7. The zero-order chi connectivity index (χ0) is 32.3. The van der Waals surface area contributed by atoms with Crippen molar-refractivity contribution >= 4 is 23.3 Å². The van der Waals surface area contributed by atoms with E-state index in [0.29, 0.717) is 18.2 Å². The van der Waals surface area contributed by atoms with Crippen LogP contribution in [0.25, 0.3) is 22.3 Å². The predicted octanol–water partition coefficient (Wildman–Crippen LogP) is 5.78. The molecule has 10 heteroatoms. The highest BCUT2D eigenvalue weighted by molar-refractivity contribution is 6.00. The first-order valence-corrected chi connectivity index (χ1v) is 16.7. The van der Waals surface area contributed by atoms with E-state index in [1.807, 2.05) is 50.4 Å². The van der Waals surface area contributed by atoms with E-state index in [4.69, 9.17) is 4.74 Å². The number of H-pyrrole nitrogens is 1. The van der Waals surface area contributed by atoms with Crippen LogP contribution in [0, 0.1) is 13.8 Å². The number of amides is 2. The Bertz CT molecular complexity index is 1830. The number of nitrogens with one attached hydrogen (secondary N) is 3. The van der Waals surface area contributed by atoms with Gasteiger partial charge in [0.05, 0.1) is 24.4 Å². The summed E-state index contributed by atoms with van der Waals surface area (Å²) in [4.78, 5) is 34.2. The molecule has 0 spiro atoms. The van der Waals surface area contributed by atoms with Crippen molar-refractivity contribution in [2.75, 3.05) is 23.4 Å². The molecule has 4 aromatic rings. The number of morpholine rings is 1. The molecule has 2 aliphatic heterocycles. The first kappa shape index (κ1) is 29.8. The van der Waals surface area contributed by atoms with Crippen molar-refractivity contribution in [1.29, 1.82) is 0 Å². The molecule has 4 atom stereocenters. The Morgan fingerprint density at radius 1 is 1.06 bits per heavy atom. The van der Waals surface area contributed by atoms with E-state index in [-0.39, 0.29) is 30.8 Å². The Balaban J connectivity index is 1.08. The Labute approximate surface area is 273 Å². The molecule has 0 radical (unpaired) electrons. The largest absolute Gasteiger partial charge is 0.374 e. The first-order valence-electron chi connectivity index (χ1n) is 16.7. The molecule has 2 saturated heterocycles. The number of anilines is 2. The van der Waals surface area contributed by atoms with Gasteiger partial charge in [-0.3, -0.25) is 14.7 Å². The molecule has 1 unspecified atom stereocenters. The molecule has 3 N–H and O–H groups in total. The summed E-state index contributed by atoms with van der Waals surface area (Å²) in [6, 6.07) is 17.6.